The zero-order chi connectivity index (χ0) is 21.2. The fraction of sp³-hybridized carbons (Fsp3) is 0.522. The number of aromatic nitrogens is 2. The summed E-state index contributed by atoms with van der Waals surface area (Å²) in [7, 11) is 0. The van der Waals surface area contributed by atoms with Gasteiger partial charge in [0.25, 0.3) is 0 Å². The third-order valence-electron chi connectivity index (χ3n) is 5.06. The summed E-state index contributed by atoms with van der Waals surface area (Å²) in [6, 6.07) is 9.94. The molecule has 1 saturated carbocycles. The molecule has 29 heavy (non-hydrogen) atoms. The molecule has 1 fully saturated rings. The van der Waals surface area contributed by atoms with Crippen LogP contribution in [0, 0.1) is 12.8 Å². The van der Waals surface area contributed by atoms with E-state index in [9.17, 15) is 9.59 Å². The van der Waals surface area contributed by atoms with Crippen LogP contribution in [0.3, 0.4) is 0 Å². The first-order chi connectivity index (χ1) is 13.7. The van der Waals surface area contributed by atoms with Gasteiger partial charge in [0.05, 0.1) is 17.9 Å². The van der Waals surface area contributed by atoms with E-state index in [2.05, 4.69) is 26.1 Å². The van der Waals surface area contributed by atoms with Crippen LogP contribution >= 0.6 is 0 Å². The van der Waals surface area contributed by atoms with Crippen LogP contribution in [-0.4, -0.2) is 39.6 Å². The number of benzene rings is 1. The Morgan fingerprint density at radius 3 is 2.55 bits per heavy atom. The van der Waals surface area contributed by atoms with Crippen molar-refractivity contribution in [3.63, 3.8) is 0 Å². The Kier molecular flexibility index (Phi) is 6.10. The monoisotopic (exact) mass is 396 g/mol. The van der Waals surface area contributed by atoms with Crippen LogP contribution in [0.1, 0.15) is 58.2 Å². The van der Waals surface area contributed by atoms with Crippen LogP contribution in [-0.2, 0) is 15.0 Å². The molecule has 0 bridgehead atoms. The van der Waals surface area contributed by atoms with E-state index in [0.717, 1.165) is 36.2 Å². The Hall–Kier alpha value is -2.63. The molecule has 0 aliphatic heterocycles. The molecule has 156 valence electrons. The molecule has 0 saturated heterocycles. The minimum atomic E-state index is -0.193. The Morgan fingerprint density at radius 1 is 1.24 bits per heavy atom. The summed E-state index contributed by atoms with van der Waals surface area (Å²) >= 11 is 0. The highest BCUT2D eigenvalue weighted by Gasteiger charge is 2.34. The largest absolute Gasteiger partial charge is 0.333 e. The van der Waals surface area contributed by atoms with Crippen LogP contribution in [0.5, 0.6) is 0 Å². The predicted octanol–water partition coefficient (Wildman–Crippen LogP) is 4.07. The van der Waals surface area contributed by atoms with E-state index in [1.165, 1.54) is 0 Å². The molecule has 3 rings (SSSR count). The summed E-state index contributed by atoms with van der Waals surface area (Å²) in [5.74, 6) is 0.645. The van der Waals surface area contributed by atoms with E-state index in [-0.39, 0.29) is 29.7 Å². The Morgan fingerprint density at radius 2 is 1.97 bits per heavy atom. The molecule has 2 aromatic rings. The Labute approximate surface area is 173 Å². The second kappa shape index (κ2) is 8.39. The smallest absolute Gasteiger partial charge is 0.245 e. The maximum absolute atomic E-state index is 12.8. The minimum Gasteiger partial charge on any atom is -0.333 e. The van der Waals surface area contributed by atoms with Crippen molar-refractivity contribution in [1.82, 2.24) is 14.7 Å². The van der Waals surface area contributed by atoms with Gasteiger partial charge in [0.15, 0.2) is 0 Å². The van der Waals surface area contributed by atoms with E-state index >= 15 is 0 Å². The average molecular weight is 397 g/mol. The second-order valence-corrected chi connectivity index (χ2v) is 9.00. The number of anilines is 1. The summed E-state index contributed by atoms with van der Waals surface area (Å²) < 4.78 is 1.78. The molecule has 6 nitrogen and oxygen atoms in total. The molecule has 1 aliphatic rings. The van der Waals surface area contributed by atoms with Crippen LogP contribution in [0.2, 0.25) is 0 Å². The quantitative estimate of drug-likeness (QED) is 0.767. The van der Waals surface area contributed by atoms with Crippen molar-refractivity contribution < 1.29 is 9.59 Å². The Balaban J connectivity index is 1.84. The summed E-state index contributed by atoms with van der Waals surface area (Å²) in [6.45, 7) is 11.0. The van der Waals surface area contributed by atoms with Crippen LogP contribution in [0.25, 0.3) is 5.69 Å². The minimum absolute atomic E-state index is 0.0764. The van der Waals surface area contributed by atoms with Gasteiger partial charge in [-0.3, -0.25) is 9.59 Å². The van der Waals surface area contributed by atoms with Gasteiger partial charge < -0.3 is 10.2 Å². The van der Waals surface area contributed by atoms with Crippen molar-refractivity contribution in [3.8, 4) is 5.69 Å². The van der Waals surface area contributed by atoms with E-state index < -0.39 is 0 Å². The third kappa shape index (κ3) is 5.25. The van der Waals surface area contributed by atoms with Gasteiger partial charge in [-0.2, -0.15) is 5.10 Å². The van der Waals surface area contributed by atoms with Gasteiger partial charge in [0, 0.05) is 23.9 Å². The lowest BCUT2D eigenvalue weighted by Gasteiger charge is -2.21. The molecule has 1 N–H and O–H groups in total. The highest BCUT2D eigenvalue weighted by atomic mass is 16.2. The molecular weight excluding hydrogens is 364 g/mol. The summed E-state index contributed by atoms with van der Waals surface area (Å²) in [5, 5.41) is 7.75. The van der Waals surface area contributed by atoms with Crippen molar-refractivity contribution in [3.05, 3.63) is 41.6 Å². The number of amides is 2. The van der Waals surface area contributed by atoms with Crippen molar-refractivity contribution in [2.75, 3.05) is 18.4 Å². The molecule has 2 amide bonds. The van der Waals surface area contributed by atoms with Gasteiger partial charge in [-0.25, -0.2) is 4.68 Å². The van der Waals surface area contributed by atoms with Crippen molar-refractivity contribution in [2.45, 2.75) is 59.3 Å². The normalized spacial score (nSPS) is 14.0. The molecule has 1 aliphatic carbocycles. The lowest BCUT2D eigenvalue weighted by molar-refractivity contribution is -0.135. The summed E-state index contributed by atoms with van der Waals surface area (Å²) in [6.07, 6.45) is 2.71. The van der Waals surface area contributed by atoms with Crippen LogP contribution in [0.4, 0.5) is 5.82 Å². The molecular formula is C23H32N4O2. The van der Waals surface area contributed by atoms with Crippen LogP contribution < -0.4 is 5.32 Å². The summed E-state index contributed by atoms with van der Waals surface area (Å²) in [4.78, 5) is 27.0. The number of carbonyl (C=O) groups is 2. The predicted molar refractivity (Wildman–Crippen MR) is 115 cm³/mol. The average Bonchev–Trinajstić information content (AvgIpc) is 3.40. The summed E-state index contributed by atoms with van der Waals surface area (Å²) in [5.41, 5.74) is 2.77. The maximum Gasteiger partial charge on any atom is 0.245 e. The maximum atomic E-state index is 12.8. The molecule has 0 unspecified atom stereocenters. The number of rotatable bonds is 7. The fourth-order valence-corrected chi connectivity index (χ4v) is 3.27. The number of hydrogen-bond donors (Lipinski definition) is 1. The molecule has 0 radical (unpaired) electrons. The number of carbonyl (C=O) groups excluding carboxylic acids is 2. The van der Waals surface area contributed by atoms with E-state index in [1.54, 1.807) is 9.58 Å². The molecule has 1 heterocycles. The molecule has 0 spiro atoms. The van der Waals surface area contributed by atoms with Gasteiger partial charge in [0.1, 0.15) is 5.82 Å². The molecule has 6 heteroatoms. The number of nitrogens with zero attached hydrogens (tertiary/aromatic N) is 3. The lowest BCUT2D eigenvalue weighted by atomic mass is 9.92. The van der Waals surface area contributed by atoms with Crippen molar-refractivity contribution in [1.29, 1.82) is 0 Å². The van der Waals surface area contributed by atoms with Crippen molar-refractivity contribution in [2.24, 2.45) is 5.92 Å². The van der Waals surface area contributed by atoms with Crippen LogP contribution in [0.15, 0.2) is 30.3 Å². The topological polar surface area (TPSA) is 67.2 Å². The highest BCUT2D eigenvalue weighted by Crippen LogP contribution is 2.31. The first kappa shape index (κ1) is 21.1. The second-order valence-electron chi connectivity index (χ2n) is 9.00. The number of hydrogen-bond acceptors (Lipinski definition) is 3. The van der Waals surface area contributed by atoms with E-state index in [4.69, 9.17) is 5.10 Å². The number of nitrogens with one attached hydrogen (secondary N) is 1. The zero-order valence-corrected chi connectivity index (χ0v) is 18.2. The van der Waals surface area contributed by atoms with Crippen molar-refractivity contribution >= 4 is 17.6 Å². The first-order valence-corrected chi connectivity index (χ1v) is 10.4. The van der Waals surface area contributed by atoms with Gasteiger partial charge in [-0.05, 0) is 43.9 Å². The van der Waals surface area contributed by atoms with Gasteiger partial charge >= 0.3 is 0 Å². The van der Waals surface area contributed by atoms with Gasteiger partial charge in [0.2, 0.25) is 11.8 Å². The van der Waals surface area contributed by atoms with E-state index in [1.807, 2.05) is 44.2 Å². The number of aryl methyl sites for hydroxylation is 1. The molecule has 1 aromatic carbocycles. The fourth-order valence-electron chi connectivity index (χ4n) is 3.27. The zero-order valence-electron chi connectivity index (χ0n) is 18.2. The standard InChI is InChI=1S/C23H32N4O2/c1-6-12-26(22(29)17-10-11-17)15-21(28)24-20-14-19(23(3,4)5)25-27(20)18-9-7-8-16(2)13-18/h7-9,13-14,17H,6,10-12,15H2,1-5H3,(H,24,28). The van der Waals surface area contributed by atoms with Gasteiger partial charge in [-0.1, -0.05) is 39.8 Å². The Bertz CT molecular complexity index is 891. The van der Waals surface area contributed by atoms with E-state index in [0.29, 0.717) is 12.4 Å². The highest BCUT2D eigenvalue weighted by molar-refractivity contribution is 5.94. The first-order valence-electron chi connectivity index (χ1n) is 10.4. The molecule has 1 aromatic heterocycles. The lowest BCUT2D eigenvalue weighted by Crippen LogP contribution is -2.39. The third-order valence-corrected chi connectivity index (χ3v) is 5.06. The SMILES string of the molecule is CCCN(CC(=O)Nc1cc(C(C)(C)C)nn1-c1cccc(C)c1)C(=O)C1CC1. The molecule has 0 atom stereocenters. The van der Waals surface area contributed by atoms with Gasteiger partial charge in [-0.15, -0.1) is 0 Å².